The van der Waals surface area contributed by atoms with Crippen LogP contribution < -0.4 is 42.5 Å². The summed E-state index contributed by atoms with van der Waals surface area (Å²) in [6.45, 7) is 0. The first kappa shape index (κ1) is 33.9. The van der Waals surface area contributed by atoms with Crippen LogP contribution in [0.25, 0.3) is 0 Å². The molecule has 0 aromatic heterocycles. The molecule has 8 bridgehead atoms. The lowest BCUT2D eigenvalue weighted by Crippen LogP contribution is -2.61. The van der Waals surface area contributed by atoms with Gasteiger partial charge in [0.15, 0.2) is 11.1 Å². The van der Waals surface area contributed by atoms with Crippen LogP contribution in [0.2, 0.25) is 0 Å². The molecule has 0 spiro atoms. The van der Waals surface area contributed by atoms with Crippen molar-refractivity contribution in [2.75, 3.05) is 0 Å². The Morgan fingerprint density at radius 2 is 0.875 bits per heavy atom. The first-order valence-electron chi connectivity index (χ1n) is 18.9. The van der Waals surface area contributed by atoms with E-state index in [1.54, 1.807) is 0 Å². The van der Waals surface area contributed by atoms with Crippen molar-refractivity contribution >= 4 is 33.8 Å². The summed E-state index contributed by atoms with van der Waals surface area (Å²) in [5.74, 6) is 2.73. The van der Waals surface area contributed by atoms with E-state index in [1.807, 2.05) is 0 Å². The minimum Gasteiger partial charge on any atom is -0.306 e. The van der Waals surface area contributed by atoms with E-state index in [0.717, 1.165) is 38.5 Å². The fourth-order valence-corrected chi connectivity index (χ4v) is 14.4. The standard InChI is InChI=1S/C32H56N8O5S3/c41-47(42)15-6-9-20-23(12-15)31-35-26-18-4-2-1-3-17(18)25(33-26)34-27-19-8-5-14(46)11-22(19)30(36-27)37-29-21-10-7-16(48(43,44)45)13-24(21)32(40-29)39-28(20)38-31/h14-40,46H,1-13H2,(H,41,42)(H,43,44,45). The smallest absolute Gasteiger partial charge is 0.267 e. The zero-order valence-electron chi connectivity index (χ0n) is 27.5. The largest absolute Gasteiger partial charge is 0.306 e. The topological polar surface area (TPSA) is 188 Å². The van der Waals surface area contributed by atoms with Crippen LogP contribution in [0.1, 0.15) is 83.5 Å². The quantitative estimate of drug-likeness (QED) is 0.108. The first-order valence-corrected chi connectivity index (χ1v) is 22.1. The lowest BCUT2D eigenvalue weighted by atomic mass is 9.76. The molecule has 16 heteroatoms. The molecule has 0 aromatic rings. The first-order chi connectivity index (χ1) is 23.1. The summed E-state index contributed by atoms with van der Waals surface area (Å²) in [5.41, 5.74) is 0. The highest BCUT2D eigenvalue weighted by Gasteiger charge is 2.56. The minimum atomic E-state index is -4.14. The highest BCUT2D eigenvalue weighted by atomic mass is 32.2. The molecule has 5 heterocycles. The van der Waals surface area contributed by atoms with E-state index in [-0.39, 0.29) is 78.2 Å². The van der Waals surface area contributed by atoms with Crippen LogP contribution in [0, 0.1) is 47.3 Å². The average Bonchev–Trinajstić information content (AvgIpc) is 3.79. The Bertz CT molecular complexity index is 1350. The zero-order chi connectivity index (χ0) is 32.9. The van der Waals surface area contributed by atoms with Crippen LogP contribution in [-0.4, -0.2) is 86.8 Å². The predicted octanol–water partition coefficient (Wildman–Crippen LogP) is 0.580. The maximum atomic E-state index is 12.4. The normalized spacial score (nSPS) is 55.7. The van der Waals surface area contributed by atoms with Crippen molar-refractivity contribution in [3.05, 3.63) is 0 Å². The van der Waals surface area contributed by atoms with E-state index in [2.05, 4.69) is 42.5 Å². The van der Waals surface area contributed by atoms with Gasteiger partial charge in [0.25, 0.3) is 10.1 Å². The molecule has 9 aliphatic rings. The van der Waals surface area contributed by atoms with E-state index in [1.165, 1.54) is 25.7 Å². The SMILES string of the molecule is O=S(O)C1CCC2C3NC(NC4NC(NC5NC(NC6NC(N3)C3CC(S(=O)(=O)O)CCC63)C3CC(S)CCC53)C3CCCCC43)C2C1. The number of fused-ring (bicyclic) bond motifs is 20. The van der Waals surface area contributed by atoms with Gasteiger partial charge in [0.05, 0.1) is 59.8 Å². The molecule has 4 saturated carbocycles. The Hall–Kier alpha value is 0.0500. The number of nitrogens with one attached hydrogen (secondary N) is 8. The van der Waals surface area contributed by atoms with Crippen molar-refractivity contribution in [1.29, 1.82) is 0 Å². The molecule has 272 valence electrons. The Balaban J connectivity index is 1.06. The molecular weight excluding hydrogens is 673 g/mol. The van der Waals surface area contributed by atoms with E-state index < -0.39 is 26.4 Å². The van der Waals surface area contributed by atoms with Gasteiger partial charge in [-0.3, -0.25) is 47.1 Å². The van der Waals surface area contributed by atoms with E-state index in [4.69, 9.17) is 12.6 Å². The number of rotatable bonds is 2. The Labute approximate surface area is 293 Å². The number of hydrogen-bond acceptors (Lipinski definition) is 12. The lowest BCUT2D eigenvalue weighted by Gasteiger charge is -2.37. The summed E-state index contributed by atoms with van der Waals surface area (Å²) in [5, 5.41) is 31.5. The van der Waals surface area contributed by atoms with Gasteiger partial charge in [-0.25, -0.2) is 4.21 Å². The summed E-state index contributed by atoms with van der Waals surface area (Å²) < 4.78 is 57.4. The maximum absolute atomic E-state index is 12.4. The second-order valence-corrected chi connectivity index (χ2v) is 20.5. The molecular formula is C32H56N8O5S3. The van der Waals surface area contributed by atoms with Gasteiger partial charge in [0.2, 0.25) is 0 Å². The van der Waals surface area contributed by atoms with Crippen LogP contribution in [0.15, 0.2) is 0 Å². The fourth-order valence-electron chi connectivity index (χ4n) is 12.4. The molecule has 10 N–H and O–H groups in total. The molecule has 0 aromatic carbocycles. The van der Waals surface area contributed by atoms with Gasteiger partial charge in [-0.2, -0.15) is 21.0 Å². The lowest BCUT2D eigenvalue weighted by molar-refractivity contribution is 0.168. The molecule has 0 amide bonds. The van der Waals surface area contributed by atoms with Crippen LogP contribution in [0.4, 0.5) is 0 Å². The third-order valence-corrected chi connectivity index (χ3v) is 17.4. The van der Waals surface area contributed by atoms with Crippen molar-refractivity contribution < 1.29 is 21.7 Å². The molecule has 13 nitrogen and oxygen atoms in total. The Kier molecular flexibility index (Phi) is 9.29. The van der Waals surface area contributed by atoms with Crippen molar-refractivity contribution in [2.45, 2.75) is 149 Å². The third kappa shape index (κ3) is 6.07. The third-order valence-electron chi connectivity index (χ3n) is 14.6. The molecule has 5 aliphatic heterocycles. The highest BCUT2D eigenvalue weighted by Crippen LogP contribution is 2.47. The van der Waals surface area contributed by atoms with E-state index in [0.29, 0.717) is 48.2 Å². The number of hydrogen-bond donors (Lipinski definition) is 11. The predicted molar refractivity (Wildman–Crippen MR) is 186 cm³/mol. The van der Waals surface area contributed by atoms with E-state index in [9.17, 15) is 21.7 Å². The molecule has 5 saturated heterocycles. The number of thiol groups is 1. The van der Waals surface area contributed by atoms with Gasteiger partial charge in [-0.05, 0) is 118 Å². The van der Waals surface area contributed by atoms with Crippen LogP contribution >= 0.6 is 12.6 Å². The van der Waals surface area contributed by atoms with Gasteiger partial charge in [0.1, 0.15) is 0 Å². The van der Waals surface area contributed by atoms with Gasteiger partial charge in [-0.15, -0.1) is 0 Å². The summed E-state index contributed by atoms with van der Waals surface area (Å²) in [6.07, 6.45) is 12.6. The monoisotopic (exact) mass is 728 g/mol. The summed E-state index contributed by atoms with van der Waals surface area (Å²) in [6, 6.07) is 0. The molecule has 9 fully saturated rings. The van der Waals surface area contributed by atoms with Gasteiger partial charge >= 0.3 is 0 Å². The van der Waals surface area contributed by atoms with Gasteiger partial charge < -0.3 is 4.55 Å². The second kappa shape index (κ2) is 13.2. The van der Waals surface area contributed by atoms with Gasteiger partial charge in [-0.1, -0.05) is 12.8 Å². The molecule has 4 aliphatic carbocycles. The average molecular weight is 729 g/mol. The summed E-state index contributed by atoms with van der Waals surface area (Å²) in [4.78, 5) is 0. The molecule has 20 atom stereocenters. The molecule has 9 rings (SSSR count). The second-order valence-electron chi connectivity index (χ2n) is 16.9. The van der Waals surface area contributed by atoms with Crippen molar-refractivity contribution in [3.63, 3.8) is 0 Å². The van der Waals surface area contributed by atoms with E-state index >= 15 is 0 Å². The highest BCUT2D eigenvalue weighted by molar-refractivity contribution is 7.86. The minimum absolute atomic E-state index is 0.00433. The van der Waals surface area contributed by atoms with Crippen LogP contribution in [0.5, 0.6) is 0 Å². The van der Waals surface area contributed by atoms with Gasteiger partial charge in [0, 0.05) is 5.25 Å². The molecule has 48 heavy (non-hydrogen) atoms. The molecule has 0 radical (unpaired) electrons. The van der Waals surface area contributed by atoms with Crippen LogP contribution in [0.3, 0.4) is 0 Å². The van der Waals surface area contributed by atoms with Crippen molar-refractivity contribution in [3.8, 4) is 0 Å². The fraction of sp³-hybridized carbons (Fsp3) is 1.00. The summed E-state index contributed by atoms with van der Waals surface area (Å²) in [7, 11) is -4.14. The zero-order valence-corrected chi connectivity index (χ0v) is 30.1. The Morgan fingerprint density at radius 1 is 0.500 bits per heavy atom. The van der Waals surface area contributed by atoms with Crippen molar-refractivity contribution in [2.24, 2.45) is 47.3 Å². The Morgan fingerprint density at radius 3 is 1.33 bits per heavy atom. The van der Waals surface area contributed by atoms with Crippen molar-refractivity contribution in [1.82, 2.24) is 42.5 Å². The summed E-state index contributed by atoms with van der Waals surface area (Å²) >= 11 is 3.11. The maximum Gasteiger partial charge on any atom is 0.267 e. The van der Waals surface area contributed by atoms with Crippen LogP contribution in [-0.2, 0) is 21.2 Å². The molecule has 20 unspecified atom stereocenters.